The molecule has 1 heteroatoms. The standard InChI is InChI=1S/C11H23N/c1-4-6-7-8-10-12-11(3)9-5-2/h5,11-12H,2,4,6-10H2,1,3H3. The number of nitrogens with one attached hydrogen (secondary N) is 1. The Balaban J connectivity index is 3.02. The number of rotatable bonds is 8. The lowest BCUT2D eigenvalue weighted by atomic mass is 10.2. The van der Waals surface area contributed by atoms with Crippen LogP contribution in [0.1, 0.15) is 46.0 Å². The molecule has 0 spiro atoms. The first-order chi connectivity index (χ1) is 5.81. The maximum atomic E-state index is 3.72. The highest BCUT2D eigenvalue weighted by Crippen LogP contribution is 1.98. The van der Waals surface area contributed by atoms with E-state index in [1.54, 1.807) is 0 Å². The van der Waals surface area contributed by atoms with E-state index < -0.39 is 0 Å². The lowest BCUT2D eigenvalue weighted by molar-refractivity contribution is 0.523. The second kappa shape index (κ2) is 8.79. The SMILES string of the molecule is C=CCC(C)NCCCCCC. The summed E-state index contributed by atoms with van der Waals surface area (Å²) in [6.45, 7) is 9.33. The van der Waals surface area contributed by atoms with Gasteiger partial charge in [0.05, 0.1) is 0 Å². The van der Waals surface area contributed by atoms with Gasteiger partial charge in [-0.25, -0.2) is 0 Å². The topological polar surface area (TPSA) is 12.0 Å². The summed E-state index contributed by atoms with van der Waals surface area (Å²) in [7, 11) is 0. The molecule has 0 saturated heterocycles. The van der Waals surface area contributed by atoms with E-state index in [2.05, 4.69) is 25.7 Å². The predicted molar refractivity (Wildman–Crippen MR) is 56.4 cm³/mol. The van der Waals surface area contributed by atoms with Crippen LogP contribution in [0, 0.1) is 0 Å². The van der Waals surface area contributed by atoms with Gasteiger partial charge in [0.15, 0.2) is 0 Å². The van der Waals surface area contributed by atoms with Crippen molar-refractivity contribution in [3.63, 3.8) is 0 Å². The van der Waals surface area contributed by atoms with E-state index in [1.165, 1.54) is 25.7 Å². The first kappa shape index (κ1) is 11.7. The molecule has 12 heavy (non-hydrogen) atoms. The van der Waals surface area contributed by atoms with Crippen LogP contribution in [0.5, 0.6) is 0 Å². The van der Waals surface area contributed by atoms with Gasteiger partial charge in [-0.1, -0.05) is 32.3 Å². The largest absolute Gasteiger partial charge is 0.314 e. The van der Waals surface area contributed by atoms with Crippen LogP contribution in [-0.2, 0) is 0 Å². The Morgan fingerprint density at radius 1 is 1.33 bits per heavy atom. The minimum Gasteiger partial charge on any atom is -0.314 e. The van der Waals surface area contributed by atoms with Gasteiger partial charge in [0.25, 0.3) is 0 Å². The van der Waals surface area contributed by atoms with Crippen LogP contribution in [0.2, 0.25) is 0 Å². The first-order valence-corrected chi connectivity index (χ1v) is 5.15. The molecule has 0 rings (SSSR count). The van der Waals surface area contributed by atoms with Gasteiger partial charge in [0.1, 0.15) is 0 Å². The minimum atomic E-state index is 0.601. The Bertz CT molecular complexity index is 99.2. The maximum absolute atomic E-state index is 3.72. The fourth-order valence-electron chi connectivity index (χ4n) is 1.23. The molecular formula is C11H23N. The molecule has 0 aliphatic heterocycles. The van der Waals surface area contributed by atoms with Gasteiger partial charge in [0, 0.05) is 6.04 Å². The summed E-state index contributed by atoms with van der Waals surface area (Å²) >= 11 is 0. The Kier molecular flexibility index (Phi) is 8.57. The molecule has 0 bridgehead atoms. The highest BCUT2D eigenvalue weighted by atomic mass is 14.9. The molecule has 0 aliphatic carbocycles. The Morgan fingerprint density at radius 3 is 2.67 bits per heavy atom. The zero-order valence-electron chi connectivity index (χ0n) is 8.60. The molecule has 0 aromatic carbocycles. The molecule has 1 nitrogen and oxygen atoms in total. The maximum Gasteiger partial charge on any atom is 0.00731 e. The Hall–Kier alpha value is -0.300. The molecule has 0 amide bonds. The molecule has 0 saturated carbocycles. The third-order valence-electron chi connectivity index (χ3n) is 2.04. The first-order valence-electron chi connectivity index (χ1n) is 5.15. The predicted octanol–water partition coefficient (Wildman–Crippen LogP) is 3.12. The third-order valence-corrected chi connectivity index (χ3v) is 2.04. The lowest BCUT2D eigenvalue weighted by Crippen LogP contribution is -2.26. The summed E-state index contributed by atoms with van der Waals surface area (Å²) < 4.78 is 0. The highest BCUT2D eigenvalue weighted by molar-refractivity contribution is 4.74. The summed E-state index contributed by atoms with van der Waals surface area (Å²) in [6, 6.07) is 0.601. The molecule has 0 radical (unpaired) electrons. The van der Waals surface area contributed by atoms with Crippen molar-refractivity contribution in [1.82, 2.24) is 5.32 Å². The van der Waals surface area contributed by atoms with Gasteiger partial charge in [-0.2, -0.15) is 0 Å². The van der Waals surface area contributed by atoms with Crippen LogP contribution in [0.3, 0.4) is 0 Å². The molecule has 0 fully saturated rings. The molecule has 0 aromatic rings. The zero-order chi connectivity index (χ0) is 9.23. The van der Waals surface area contributed by atoms with Gasteiger partial charge in [0.2, 0.25) is 0 Å². The zero-order valence-corrected chi connectivity index (χ0v) is 8.60. The van der Waals surface area contributed by atoms with Crippen LogP contribution in [0.15, 0.2) is 12.7 Å². The van der Waals surface area contributed by atoms with Crippen molar-refractivity contribution in [2.24, 2.45) is 0 Å². The van der Waals surface area contributed by atoms with Crippen LogP contribution in [-0.4, -0.2) is 12.6 Å². The highest BCUT2D eigenvalue weighted by Gasteiger charge is 1.96. The Labute approximate surface area is 77.2 Å². The van der Waals surface area contributed by atoms with E-state index in [0.717, 1.165) is 13.0 Å². The summed E-state index contributed by atoms with van der Waals surface area (Å²) in [6.07, 6.45) is 8.43. The molecule has 0 aliphatic rings. The molecule has 0 heterocycles. The normalized spacial score (nSPS) is 12.8. The van der Waals surface area contributed by atoms with E-state index in [4.69, 9.17) is 0 Å². The lowest BCUT2D eigenvalue weighted by Gasteiger charge is -2.10. The monoisotopic (exact) mass is 169 g/mol. The molecule has 72 valence electrons. The Morgan fingerprint density at radius 2 is 2.08 bits per heavy atom. The second-order valence-corrected chi connectivity index (χ2v) is 3.44. The van der Waals surface area contributed by atoms with Crippen molar-refractivity contribution in [2.45, 2.75) is 52.0 Å². The van der Waals surface area contributed by atoms with Gasteiger partial charge in [-0.3, -0.25) is 0 Å². The molecule has 1 N–H and O–H groups in total. The fourth-order valence-corrected chi connectivity index (χ4v) is 1.23. The summed E-state index contributed by atoms with van der Waals surface area (Å²) in [5.41, 5.74) is 0. The molecular weight excluding hydrogens is 146 g/mol. The van der Waals surface area contributed by atoms with E-state index >= 15 is 0 Å². The van der Waals surface area contributed by atoms with E-state index in [0.29, 0.717) is 6.04 Å². The van der Waals surface area contributed by atoms with E-state index in [9.17, 15) is 0 Å². The van der Waals surface area contributed by atoms with Crippen molar-refractivity contribution < 1.29 is 0 Å². The minimum absolute atomic E-state index is 0.601. The average Bonchev–Trinajstić information content (AvgIpc) is 2.05. The average molecular weight is 169 g/mol. The van der Waals surface area contributed by atoms with Crippen molar-refractivity contribution in [3.05, 3.63) is 12.7 Å². The number of hydrogen-bond donors (Lipinski definition) is 1. The van der Waals surface area contributed by atoms with Crippen molar-refractivity contribution >= 4 is 0 Å². The molecule has 1 atom stereocenters. The van der Waals surface area contributed by atoms with Crippen molar-refractivity contribution in [1.29, 1.82) is 0 Å². The number of unbranched alkanes of at least 4 members (excludes halogenated alkanes) is 3. The quantitative estimate of drug-likeness (QED) is 0.435. The van der Waals surface area contributed by atoms with Crippen molar-refractivity contribution in [2.75, 3.05) is 6.54 Å². The molecule has 1 unspecified atom stereocenters. The fraction of sp³-hybridized carbons (Fsp3) is 0.818. The van der Waals surface area contributed by atoms with Gasteiger partial charge in [-0.15, -0.1) is 6.58 Å². The summed E-state index contributed by atoms with van der Waals surface area (Å²) in [4.78, 5) is 0. The van der Waals surface area contributed by atoms with Gasteiger partial charge < -0.3 is 5.32 Å². The summed E-state index contributed by atoms with van der Waals surface area (Å²) in [5, 5.41) is 3.47. The van der Waals surface area contributed by atoms with Crippen molar-refractivity contribution in [3.8, 4) is 0 Å². The molecule has 0 aromatic heterocycles. The number of hydrogen-bond acceptors (Lipinski definition) is 1. The second-order valence-electron chi connectivity index (χ2n) is 3.44. The third kappa shape index (κ3) is 7.80. The summed E-state index contributed by atoms with van der Waals surface area (Å²) in [5.74, 6) is 0. The smallest absolute Gasteiger partial charge is 0.00731 e. The van der Waals surface area contributed by atoms with Crippen LogP contribution >= 0.6 is 0 Å². The van der Waals surface area contributed by atoms with Gasteiger partial charge in [-0.05, 0) is 26.3 Å². The van der Waals surface area contributed by atoms with E-state index in [1.807, 2.05) is 6.08 Å². The van der Waals surface area contributed by atoms with Crippen LogP contribution in [0.25, 0.3) is 0 Å². The van der Waals surface area contributed by atoms with Crippen LogP contribution < -0.4 is 5.32 Å². The van der Waals surface area contributed by atoms with E-state index in [-0.39, 0.29) is 0 Å². The van der Waals surface area contributed by atoms with Gasteiger partial charge >= 0.3 is 0 Å². The van der Waals surface area contributed by atoms with Crippen LogP contribution in [0.4, 0.5) is 0 Å².